The van der Waals surface area contributed by atoms with Crippen LogP contribution in [0, 0.1) is 5.92 Å². The Kier molecular flexibility index (Phi) is 6.50. The topological polar surface area (TPSA) is 45.2 Å². The molecule has 1 aliphatic heterocycles. The lowest BCUT2D eigenvalue weighted by molar-refractivity contribution is -0.126. The van der Waals surface area contributed by atoms with E-state index < -0.39 is 0 Å². The molecule has 0 bridgehead atoms. The number of fused-ring (bicyclic) bond motifs is 1. The molecule has 0 unspecified atom stereocenters. The molecular formula is C23H26BrN3OS. The summed E-state index contributed by atoms with van der Waals surface area (Å²) in [4.78, 5) is 19.8. The minimum Gasteiger partial charge on any atom is -0.353 e. The molecule has 4 nitrogen and oxygen atoms in total. The number of carbonyl (C=O) groups excluding carboxylic acids is 1. The number of anilines is 1. The summed E-state index contributed by atoms with van der Waals surface area (Å²) in [6.45, 7) is 3.88. The largest absolute Gasteiger partial charge is 0.353 e. The monoisotopic (exact) mass is 471 g/mol. The number of rotatable bonds is 6. The Balaban J connectivity index is 1.26. The van der Waals surface area contributed by atoms with Gasteiger partial charge in [-0.05, 0) is 56.4 Å². The van der Waals surface area contributed by atoms with Gasteiger partial charge in [0.05, 0.1) is 10.2 Å². The molecule has 1 atom stereocenters. The Labute approximate surface area is 184 Å². The number of hydrogen-bond donors (Lipinski definition) is 1. The van der Waals surface area contributed by atoms with Gasteiger partial charge in [0.2, 0.25) is 5.91 Å². The molecule has 1 aliphatic rings. The van der Waals surface area contributed by atoms with Crippen LogP contribution in [-0.2, 0) is 11.2 Å². The first-order chi connectivity index (χ1) is 14.1. The van der Waals surface area contributed by atoms with Crippen molar-refractivity contribution < 1.29 is 4.79 Å². The van der Waals surface area contributed by atoms with Crippen molar-refractivity contribution in [2.45, 2.75) is 38.6 Å². The normalized spacial score (nSPS) is 16.1. The van der Waals surface area contributed by atoms with Gasteiger partial charge in [-0.1, -0.05) is 57.6 Å². The van der Waals surface area contributed by atoms with Crippen LogP contribution < -0.4 is 10.2 Å². The molecule has 0 saturated carbocycles. The second kappa shape index (κ2) is 9.26. The Morgan fingerprint density at radius 3 is 2.76 bits per heavy atom. The van der Waals surface area contributed by atoms with Gasteiger partial charge in [-0.2, -0.15) is 0 Å². The van der Waals surface area contributed by atoms with Gasteiger partial charge in [0.1, 0.15) is 0 Å². The van der Waals surface area contributed by atoms with Gasteiger partial charge >= 0.3 is 0 Å². The van der Waals surface area contributed by atoms with Crippen molar-refractivity contribution in [3.63, 3.8) is 0 Å². The Bertz CT molecular complexity index is 967. The number of amides is 1. The second-order valence-electron chi connectivity index (χ2n) is 7.80. The van der Waals surface area contributed by atoms with E-state index in [0.29, 0.717) is 0 Å². The van der Waals surface area contributed by atoms with Crippen LogP contribution >= 0.6 is 27.3 Å². The predicted molar refractivity (Wildman–Crippen MR) is 125 cm³/mol. The number of benzene rings is 2. The fraction of sp³-hybridized carbons (Fsp3) is 0.391. The fourth-order valence-corrected chi connectivity index (χ4v) is 5.38. The molecule has 3 aromatic rings. The van der Waals surface area contributed by atoms with Crippen LogP contribution in [0.1, 0.15) is 31.7 Å². The maximum atomic E-state index is 12.7. The van der Waals surface area contributed by atoms with Crippen LogP contribution in [0.4, 0.5) is 5.13 Å². The van der Waals surface area contributed by atoms with E-state index in [1.165, 1.54) is 10.3 Å². The number of aryl methyl sites for hydroxylation is 1. The van der Waals surface area contributed by atoms with Crippen molar-refractivity contribution in [1.29, 1.82) is 0 Å². The molecule has 0 aliphatic carbocycles. The van der Waals surface area contributed by atoms with Crippen LogP contribution in [0.5, 0.6) is 0 Å². The average molecular weight is 472 g/mol. The molecule has 6 heteroatoms. The van der Waals surface area contributed by atoms with Crippen molar-refractivity contribution in [3.05, 3.63) is 58.6 Å². The Hall–Kier alpha value is -1.92. The number of piperidine rings is 1. The summed E-state index contributed by atoms with van der Waals surface area (Å²) in [6.07, 6.45) is 3.73. The summed E-state index contributed by atoms with van der Waals surface area (Å²) in [5, 5.41) is 4.29. The summed E-state index contributed by atoms with van der Waals surface area (Å²) in [7, 11) is 0. The smallest absolute Gasteiger partial charge is 0.223 e. The van der Waals surface area contributed by atoms with Gasteiger partial charge in [-0.15, -0.1) is 0 Å². The molecule has 1 saturated heterocycles. The molecule has 29 heavy (non-hydrogen) atoms. The van der Waals surface area contributed by atoms with Gasteiger partial charge in [0.25, 0.3) is 0 Å². The maximum Gasteiger partial charge on any atom is 0.223 e. The van der Waals surface area contributed by atoms with Crippen molar-refractivity contribution in [1.82, 2.24) is 10.3 Å². The maximum absolute atomic E-state index is 12.7. The summed E-state index contributed by atoms with van der Waals surface area (Å²) in [6, 6.07) is 16.9. The van der Waals surface area contributed by atoms with E-state index >= 15 is 0 Å². The lowest BCUT2D eigenvalue weighted by Gasteiger charge is -2.31. The van der Waals surface area contributed by atoms with Crippen LogP contribution in [0.25, 0.3) is 10.2 Å². The van der Waals surface area contributed by atoms with E-state index in [4.69, 9.17) is 4.98 Å². The SMILES string of the molecule is C[C@@H](CCc1ccccc1)NC(=O)C1CCN(c2nc3ccc(Br)cc3s2)CC1. The van der Waals surface area contributed by atoms with Crippen LogP contribution in [0.2, 0.25) is 0 Å². The number of hydrogen-bond acceptors (Lipinski definition) is 4. The zero-order valence-corrected chi connectivity index (χ0v) is 19.0. The highest BCUT2D eigenvalue weighted by Gasteiger charge is 2.27. The lowest BCUT2D eigenvalue weighted by Crippen LogP contribution is -2.43. The highest BCUT2D eigenvalue weighted by atomic mass is 79.9. The van der Waals surface area contributed by atoms with Crippen LogP contribution in [-0.4, -0.2) is 30.0 Å². The average Bonchev–Trinajstić information content (AvgIpc) is 3.16. The third-order valence-corrected chi connectivity index (χ3v) is 7.15. The number of halogens is 1. The number of thiazole rings is 1. The van der Waals surface area contributed by atoms with Gasteiger partial charge in [-0.25, -0.2) is 4.98 Å². The molecule has 0 spiro atoms. The third-order valence-electron chi connectivity index (χ3n) is 5.57. The molecule has 1 fully saturated rings. The van der Waals surface area contributed by atoms with Crippen molar-refractivity contribution >= 4 is 48.5 Å². The Morgan fingerprint density at radius 2 is 2.00 bits per heavy atom. The van der Waals surface area contributed by atoms with Crippen molar-refractivity contribution in [2.75, 3.05) is 18.0 Å². The molecule has 4 rings (SSSR count). The highest BCUT2D eigenvalue weighted by molar-refractivity contribution is 9.10. The highest BCUT2D eigenvalue weighted by Crippen LogP contribution is 2.33. The van der Waals surface area contributed by atoms with Crippen molar-refractivity contribution in [3.8, 4) is 0 Å². The zero-order chi connectivity index (χ0) is 20.2. The molecular weight excluding hydrogens is 446 g/mol. The number of nitrogens with zero attached hydrogens (tertiary/aromatic N) is 2. The fourth-order valence-electron chi connectivity index (χ4n) is 3.82. The van der Waals surface area contributed by atoms with Gasteiger partial charge in [0, 0.05) is 29.5 Å². The number of aromatic nitrogens is 1. The summed E-state index contributed by atoms with van der Waals surface area (Å²) >= 11 is 5.25. The molecule has 1 amide bonds. The zero-order valence-electron chi connectivity index (χ0n) is 16.6. The quantitative estimate of drug-likeness (QED) is 0.522. The molecule has 152 valence electrons. The minimum atomic E-state index is 0.106. The standard InChI is InChI=1S/C23H26BrN3OS/c1-16(7-8-17-5-3-2-4-6-17)25-22(28)18-11-13-27(14-12-18)23-26-20-10-9-19(24)15-21(20)29-23/h2-6,9-10,15-16,18H,7-8,11-14H2,1H3,(H,25,28)/t16-/m0/s1. The van der Waals surface area contributed by atoms with E-state index in [-0.39, 0.29) is 17.9 Å². The van der Waals surface area contributed by atoms with Crippen molar-refractivity contribution in [2.24, 2.45) is 5.92 Å². The van der Waals surface area contributed by atoms with E-state index in [0.717, 1.165) is 53.9 Å². The van der Waals surface area contributed by atoms with Gasteiger partial charge in [0.15, 0.2) is 5.13 Å². The Morgan fingerprint density at radius 1 is 1.24 bits per heavy atom. The molecule has 1 aromatic heterocycles. The summed E-state index contributed by atoms with van der Waals surface area (Å²) in [5.74, 6) is 0.312. The van der Waals surface area contributed by atoms with E-state index in [9.17, 15) is 4.79 Å². The lowest BCUT2D eigenvalue weighted by atomic mass is 9.95. The predicted octanol–water partition coefficient (Wildman–Crippen LogP) is 5.41. The van der Waals surface area contributed by atoms with E-state index in [2.05, 4.69) is 69.5 Å². The molecule has 2 heterocycles. The molecule has 1 N–H and O–H groups in total. The van der Waals surface area contributed by atoms with Crippen LogP contribution in [0.3, 0.4) is 0 Å². The summed E-state index contributed by atoms with van der Waals surface area (Å²) in [5.41, 5.74) is 2.37. The first-order valence-corrected chi connectivity index (χ1v) is 11.8. The first-order valence-electron chi connectivity index (χ1n) is 10.2. The molecule has 0 radical (unpaired) electrons. The van der Waals surface area contributed by atoms with Gasteiger partial charge < -0.3 is 10.2 Å². The number of nitrogens with one attached hydrogen (secondary N) is 1. The number of carbonyl (C=O) groups is 1. The minimum absolute atomic E-state index is 0.106. The van der Waals surface area contributed by atoms with E-state index in [1.807, 2.05) is 12.1 Å². The second-order valence-corrected chi connectivity index (χ2v) is 9.73. The first kappa shape index (κ1) is 20.4. The van der Waals surface area contributed by atoms with Crippen LogP contribution in [0.15, 0.2) is 53.0 Å². The van der Waals surface area contributed by atoms with E-state index in [1.54, 1.807) is 11.3 Å². The third kappa shape index (κ3) is 5.17. The molecule has 2 aromatic carbocycles. The summed E-state index contributed by atoms with van der Waals surface area (Å²) < 4.78 is 2.28. The van der Waals surface area contributed by atoms with Gasteiger partial charge in [-0.3, -0.25) is 4.79 Å².